The van der Waals surface area contributed by atoms with E-state index in [1.165, 1.54) is 0 Å². The zero-order chi connectivity index (χ0) is 17.8. The van der Waals surface area contributed by atoms with Gasteiger partial charge in [0.1, 0.15) is 11.9 Å². The average Bonchev–Trinajstić information content (AvgIpc) is 3.40. The summed E-state index contributed by atoms with van der Waals surface area (Å²) in [5.74, 6) is 1.34. The smallest absolute Gasteiger partial charge is 0.317 e. The monoisotopic (exact) mass is 377 g/mol. The average molecular weight is 377 g/mol. The molecule has 140 valence electrons. The Bertz CT molecular complexity index is 714. The molecule has 1 atom stereocenters. The SMILES string of the molecule is O=C(NCc1nc(C2CCCO2)n[nH]1)N1CCCN(c2nccs2)CC1. The van der Waals surface area contributed by atoms with Crippen LogP contribution in [0.15, 0.2) is 11.6 Å². The van der Waals surface area contributed by atoms with Gasteiger partial charge in [0.15, 0.2) is 11.0 Å². The minimum Gasteiger partial charge on any atom is -0.370 e. The molecule has 10 heteroatoms. The van der Waals surface area contributed by atoms with Gasteiger partial charge in [-0.05, 0) is 19.3 Å². The van der Waals surface area contributed by atoms with Crippen LogP contribution >= 0.6 is 11.3 Å². The van der Waals surface area contributed by atoms with E-state index in [1.807, 2.05) is 16.5 Å². The molecule has 0 saturated carbocycles. The first-order valence-electron chi connectivity index (χ1n) is 8.99. The number of aromatic nitrogens is 4. The van der Waals surface area contributed by atoms with Crippen molar-refractivity contribution in [2.45, 2.75) is 31.9 Å². The fourth-order valence-electron chi connectivity index (χ4n) is 3.27. The van der Waals surface area contributed by atoms with Crippen molar-refractivity contribution >= 4 is 22.5 Å². The molecule has 4 rings (SSSR count). The number of amides is 2. The molecule has 2 aromatic heterocycles. The summed E-state index contributed by atoms with van der Waals surface area (Å²) in [6, 6.07) is -0.0685. The van der Waals surface area contributed by atoms with E-state index >= 15 is 0 Å². The van der Waals surface area contributed by atoms with Crippen LogP contribution in [0.25, 0.3) is 0 Å². The number of nitrogens with one attached hydrogen (secondary N) is 2. The lowest BCUT2D eigenvalue weighted by Crippen LogP contribution is -2.41. The highest BCUT2D eigenvalue weighted by Crippen LogP contribution is 2.25. The molecule has 0 radical (unpaired) electrons. The van der Waals surface area contributed by atoms with E-state index in [9.17, 15) is 4.79 Å². The maximum atomic E-state index is 12.5. The molecular formula is C16H23N7O2S. The summed E-state index contributed by atoms with van der Waals surface area (Å²) >= 11 is 1.63. The van der Waals surface area contributed by atoms with Crippen LogP contribution in [0.3, 0.4) is 0 Å². The number of anilines is 1. The van der Waals surface area contributed by atoms with Crippen LogP contribution in [-0.4, -0.2) is 63.9 Å². The van der Waals surface area contributed by atoms with E-state index in [0.717, 1.165) is 50.6 Å². The summed E-state index contributed by atoms with van der Waals surface area (Å²) in [7, 11) is 0. The van der Waals surface area contributed by atoms with Gasteiger partial charge in [0, 0.05) is 44.4 Å². The third kappa shape index (κ3) is 3.96. The fourth-order valence-corrected chi connectivity index (χ4v) is 3.97. The molecule has 2 N–H and O–H groups in total. The van der Waals surface area contributed by atoms with Crippen LogP contribution in [0, 0.1) is 0 Å². The number of aromatic amines is 1. The maximum Gasteiger partial charge on any atom is 0.317 e. The molecule has 1 unspecified atom stereocenters. The van der Waals surface area contributed by atoms with Gasteiger partial charge in [0.2, 0.25) is 0 Å². The number of rotatable bonds is 4. The summed E-state index contributed by atoms with van der Waals surface area (Å²) in [5.41, 5.74) is 0. The first-order valence-corrected chi connectivity index (χ1v) is 9.87. The van der Waals surface area contributed by atoms with Crippen LogP contribution < -0.4 is 10.2 Å². The lowest BCUT2D eigenvalue weighted by Gasteiger charge is -2.21. The predicted molar refractivity (Wildman–Crippen MR) is 97.1 cm³/mol. The topological polar surface area (TPSA) is 99.3 Å². The Morgan fingerprint density at radius 1 is 1.35 bits per heavy atom. The highest BCUT2D eigenvalue weighted by Gasteiger charge is 2.23. The Labute approximate surface area is 155 Å². The van der Waals surface area contributed by atoms with Crippen molar-refractivity contribution in [1.82, 2.24) is 30.4 Å². The highest BCUT2D eigenvalue weighted by molar-refractivity contribution is 7.13. The molecule has 2 saturated heterocycles. The number of carbonyl (C=O) groups excluding carboxylic acids is 1. The first-order chi connectivity index (χ1) is 12.8. The van der Waals surface area contributed by atoms with Gasteiger partial charge >= 0.3 is 6.03 Å². The third-order valence-corrected chi connectivity index (χ3v) is 5.48. The molecule has 2 fully saturated rings. The molecule has 4 heterocycles. The van der Waals surface area contributed by atoms with Crippen molar-refractivity contribution in [3.63, 3.8) is 0 Å². The van der Waals surface area contributed by atoms with E-state index in [-0.39, 0.29) is 12.1 Å². The van der Waals surface area contributed by atoms with E-state index in [2.05, 4.69) is 30.4 Å². The number of hydrogen-bond acceptors (Lipinski definition) is 7. The molecule has 2 aliphatic rings. The van der Waals surface area contributed by atoms with Gasteiger partial charge in [-0.15, -0.1) is 11.3 Å². The zero-order valence-electron chi connectivity index (χ0n) is 14.6. The molecule has 0 aliphatic carbocycles. The second-order valence-electron chi connectivity index (χ2n) is 6.44. The normalized spacial score (nSPS) is 21.0. The minimum atomic E-state index is -0.0685. The number of ether oxygens (including phenoxy) is 1. The second kappa shape index (κ2) is 8.00. The Hall–Kier alpha value is -2.20. The molecule has 2 aromatic rings. The number of carbonyl (C=O) groups is 1. The van der Waals surface area contributed by atoms with Gasteiger partial charge in [-0.3, -0.25) is 5.10 Å². The summed E-state index contributed by atoms with van der Waals surface area (Å²) in [6.07, 6.45) is 4.72. The van der Waals surface area contributed by atoms with E-state index in [0.29, 0.717) is 24.7 Å². The summed E-state index contributed by atoms with van der Waals surface area (Å²) in [6.45, 7) is 4.24. The summed E-state index contributed by atoms with van der Waals surface area (Å²) in [5, 5.41) is 13.0. The predicted octanol–water partition coefficient (Wildman–Crippen LogP) is 1.53. The Balaban J connectivity index is 1.27. The van der Waals surface area contributed by atoms with Crippen molar-refractivity contribution in [2.75, 3.05) is 37.7 Å². The number of thiazole rings is 1. The Morgan fingerprint density at radius 3 is 3.12 bits per heavy atom. The van der Waals surface area contributed by atoms with Gasteiger partial charge in [-0.1, -0.05) is 0 Å². The second-order valence-corrected chi connectivity index (χ2v) is 7.32. The van der Waals surface area contributed by atoms with E-state index in [1.54, 1.807) is 11.3 Å². The van der Waals surface area contributed by atoms with Gasteiger partial charge in [-0.2, -0.15) is 5.10 Å². The van der Waals surface area contributed by atoms with Crippen LogP contribution in [0.2, 0.25) is 0 Å². The largest absolute Gasteiger partial charge is 0.370 e. The Kier molecular flexibility index (Phi) is 5.30. The maximum absolute atomic E-state index is 12.5. The first kappa shape index (κ1) is 17.2. The van der Waals surface area contributed by atoms with Crippen LogP contribution in [0.5, 0.6) is 0 Å². The van der Waals surface area contributed by atoms with E-state index < -0.39 is 0 Å². The van der Waals surface area contributed by atoms with Crippen molar-refractivity contribution in [3.8, 4) is 0 Å². The molecule has 0 spiro atoms. The van der Waals surface area contributed by atoms with Crippen molar-refractivity contribution in [1.29, 1.82) is 0 Å². The minimum absolute atomic E-state index is 0.0156. The highest BCUT2D eigenvalue weighted by atomic mass is 32.1. The molecule has 0 aromatic carbocycles. The summed E-state index contributed by atoms with van der Waals surface area (Å²) < 4.78 is 5.58. The van der Waals surface area contributed by atoms with Crippen LogP contribution in [0.1, 0.15) is 37.0 Å². The molecule has 2 amide bonds. The molecular weight excluding hydrogens is 354 g/mol. The van der Waals surface area contributed by atoms with Gasteiger partial charge in [0.25, 0.3) is 0 Å². The number of urea groups is 1. The molecule has 0 bridgehead atoms. The Morgan fingerprint density at radius 2 is 2.31 bits per heavy atom. The number of nitrogens with zero attached hydrogens (tertiary/aromatic N) is 5. The van der Waals surface area contributed by atoms with Crippen LogP contribution in [0.4, 0.5) is 9.93 Å². The zero-order valence-corrected chi connectivity index (χ0v) is 15.4. The fraction of sp³-hybridized carbons (Fsp3) is 0.625. The van der Waals surface area contributed by atoms with Crippen LogP contribution in [-0.2, 0) is 11.3 Å². The van der Waals surface area contributed by atoms with Crippen molar-refractivity contribution in [3.05, 3.63) is 23.2 Å². The number of hydrogen-bond donors (Lipinski definition) is 2. The number of H-pyrrole nitrogens is 1. The molecule has 26 heavy (non-hydrogen) atoms. The summed E-state index contributed by atoms with van der Waals surface area (Å²) in [4.78, 5) is 25.4. The van der Waals surface area contributed by atoms with Crippen molar-refractivity contribution in [2.24, 2.45) is 0 Å². The lowest BCUT2D eigenvalue weighted by molar-refractivity contribution is 0.105. The lowest BCUT2D eigenvalue weighted by atomic mass is 10.2. The van der Waals surface area contributed by atoms with Gasteiger partial charge in [-0.25, -0.2) is 14.8 Å². The van der Waals surface area contributed by atoms with Gasteiger partial charge < -0.3 is 19.9 Å². The van der Waals surface area contributed by atoms with Gasteiger partial charge in [0.05, 0.1) is 6.54 Å². The third-order valence-electron chi connectivity index (χ3n) is 4.65. The standard InChI is InChI=1S/C16H23N7O2S/c24-15(18-11-13-19-14(21-20-13)12-3-1-9-25-12)22-5-2-6-23(8-7-22)16-17-4-10-26-16/h4,10,12H,1-3,5-9,11H2,(H,18,24)(H,19,20,21). The van der Waals surface area contributed by atoms with E-state index in [4.69, 9.17) is 4.74 Å². The molecule has 2 aliphatic heterocycles. The quantitative estimate of drug-likeness (QED) is 0.838. The molecule has 9 nitrogen and oxygen atoms in total. The van der Waals surface area contributed by atoms with Crippen molar-refractivity contribution < 1.29 is 9.53 Å².